The van der Waals surface area contributed by atoms with Crippen LogP contribution in [0.25, 0.3) is 0 Å². The Morgan fingerprint density at radius 3 is 2.74 bits per heavy atom. The van der Waals surface area contributed by atoms with Crippen molar-refractivity contribution in [2.45, 2.75) is 19.4 Å². The van der Waals surface area contributed by atoms with E-state index in [1.54, 1.807) is 6.33 Å². The maximum absolute atomic E-state index is 12.4. The highest BCUT2D eigenvalue weighted by Gasteiger charge is 2.20. The second kappa shape index (κ2) is 9.19. The molecule has 0 aliphatic carbocycles. The molecular formula is C20H26N6O. The predicted molar refractivity (Wildman–Crippen MR) is 104 cm³/mol. The molecule has 2 N–H and O–H groups in total. The Balaban J connectivity index is 1.63. The number of imidazole rings is 1. The van der Waals surface area contributed by atoms with Gasteiger partial charge in [0.05, 0.1) is 30.2 Å². The highest BCUT2D eigenvalue weighted by Crippen LogP contribution is 2.18. The van der Waals surface area contributed by atoms with Crippen molar-refractivity contribution in [3.63, 3.8) is 0 Å². The van der Waals surface area contributed by atoms with Crippen LogP contribution in [-0.2, 0) is 18.4 Å². The SMILES string of the molecule is Cn1cncc1CN(CCNC(=O)C1CCNCC1)c1ccc(C#N)cc1. The number of nitriles is 1. The Bertz CT molecular complexity index is 786. The van der Waals surface area contributed by atoms with E-state index in [1.807, 2.05) is 42.1 Å². The number of aromatic nitrogens is 2. The van der Waals surface area contributed by atoms with Gasteiger partial charge in [-0.15, -0.1) is 0 Å². The second-order valence-corrected chi connectivity index (χ2v) is 6.89. The number of aryl methyl sites for hydroxylation is 1. The molecule has 0 radical (unpaired) electrons. The van der Waals surface area contributed by atoms with Crippen molar-refractivity contribution in [3.05, 3.63) is 48.0 Å². The van der Waals surface area contributed by atoms with E-state index in [0.717, 1.165) is 37.3 Å². The number of piperidine rings is 1. The fourth-order valence-corrected chi connectivity index (χ4v) is 3.32. The molecule has 2 aromatic rings. The van der Waals surface area contributed by atoms with Crippen LogP contribution in [0.3, 0.4) is 0 Å². The molecule has 7 nitrogen and oxygen atoms in total. The lowest BCUT2D eigenvalue weighted by Crippen LogP contribution is -2.41. The molecule has 142 valence electrons. The van der Waals surface area contributed by atoms with Gasteiger partial charge in [-0.2, -0.15) is 5.26 Å². The molecule has 1 aromatic carbocycles. The van der Waals surface area contributed by atoms with Crippen LogP contribution in [-0.4, -0.2) is 41.6 Å². The van der Waals surface area contributed by atoms with Crippen LogP contribution in [0.4, 0.5) is 5.69 Å². The van der Waals surface area contributed by atoms with Gasteiger partial charge in [0.1, 0.15) is 0 Å². The lowest BCUT2D eigenvalue weighted by atomic mass is 9.97. The average Bonchev–Trinajstić information content (AvgIpc) is 3.12. The summed E-state index contributed by atoms with van der Waals surface area (Å²) in [5.74, 6) is 0.267. The van der Waals surface area contributed by atoms with Gasteiger partial charge in [0.15, 0.2) is 0 Å². The van der Waals surface area contributed by atoms with Crippen molar-refractivity contribution >= 4 is 11.6 Å². The van der Waals surface area contributed by atoms with E-state index in [0.29, 0.717) is 25.2 Å². The Hall–Kier alpha value is -2.85. The molecule has 1 amide bonds. The van der Waals surface area contributed by atoms with Gasteiger partial charge in [0, 0.05) is 37.9 Å². The van der Waals surface area contributed by atoms with Crippen molar-refractivity contribution in [1.29, 1.82) is 5.26 Å². The Kier molecular flexibility index (Phi) is 6.44. The number of amides is 1. The molecule has 27 heavy (non-hydrogen) atoms. The topological polar surface area (TPSA) is 86.0 Å². The van der Waals surface area contributed by atoms with Gasteiger partial charge in [-0.25, -0.2) is 4.98 Å². The van der Waals surface area contributed by atoms with Crippen LogP contribution in [0, 0.1) is 17.2 Å². The molecule has 7 heteroatoms. The zero-order valence-corrected chi connectivity index (χ0v) is 15.7. The van der Waals surface area contributed by atoms with E-state index >= 15 is 0 Å². The van der Waals surface area contributed by atoms with Crippen molar-refractivity contribution in [2.24, 2.45) is 13.0 Å². The van der Waals surface area contributed by atoms with Crippen LogP contribution >= 0.6 is 0 Å². The third kappa shape index (κ3) is 5.08. The molecule has 0 unspecified atom stereocenters. The molecule has 1 saturated heterocycles. The minimum Gasteiger partial charge on any atom is -0.364 e. The summed E-state index contributed by atoms with van der Waals surface area (Å²) in [6, 6.07) is 9.68. The average molecular weight is 366 g/mol. The first-order valence-electron chi connectivity index (χ1n) is 9.36. The number of rotatable bonds is 7. The van der Waals surface area contributed by atoms with E-state index in [-0.39, 0.29) is 11.8 Å². The normalized spacial score (nSPS) is 14.5. The number of hydrogen-bond acceptors (Lipinski definition) is 5. The Labute approximate surface area is 160 Å². The first-order chi connectivity index (χ1) is 13.2. The number of carbonyl (C=O) groups is 1. The van der Waals surface area contributed by atoms with E-state index in [1.165, 1.54) is 0 Å². The fraction of sp³-hybridized carbons (Fsp3) is 0.450. The highest BCUT2D eigenvalue weighted by atomic mass is 16.1. The predicted octanol–water partition coefficient (Wildman–Crippen LogP) is 1.41. The third-order valence-electron chi connectivity index (χ3n) is 5.02. The van der Waals surface area contributed by atoms with Crippen molar-refractivity contribution in [3.8, 4) is 6.07 Å². The van der Waals surface area contributed by atoms with Crippen LogP contribution < -0.4 is 15.5 Å². The fourth-order valence-electron chi connectivity index (χ4n) is 3.32. The molecule has 2 heterocycles. The van der Waals surface area contributed by atoms with E-state index in [9.17, 15) is 4.79 Å². The van der Waals surface area contributed by atoms with Gasteiger partial charge in [0.25, 0.3) is 0 Å². The standard InChI is InChI=1S/C20H26N6O/c1-25-15-23-13-19(25)14-26(18-4-2-16(12-21)3-5-18)11-10-24-20(27)17-6-8-22-9-7-17/h2-5,13,15,17,22H,6-11,14H2,1H3,(H,24,27). The van der Waals surface area contributed by atoms with Gasteiger partial charge >= 0.3 is 0 Å². The minimum absolute atomic E-state index is 0.117. The third-order valence-corrected chi connectivity index (χ3v) is 5.02. The summed E-state index contributed by atoms with van der Waals surface area (Å²) >= 11 is 0. The summed E-state index contributed by atoms with van der Waals surface area (Å²) in [4.78, 5) is 18.7. The van der Waals surface area contributed by atoms with Gasteiger partial charge in [-0.05, 0) is 50.2 Å². The van der Waals surface area contributed by atoms with Crippen molar-refractivity contribution in [1.82, 2.24) is 20.2 Å². The lowest BCUT2D eigenvalue weighted by Gasteiger charge is -2.26. The molecular weight excluding hydrogens is 340 g/mol. The quantitative estimate of drug-likeness (QED) is 0.774. The van der Waals surface area contributed by atoms with Crippen molar-refractivity contribution < 1.29 is 4.79 Å². The molecule has 0 atom stereocenters. The van der Waals surface area contributed by atoms with E-state index in [4.69, 9.17) is 5.26 Å². The monoisotopic (exact) mass is 366 g/mol. The molecule has 3 rings (SSSR count). The summed E-state index contributed by atoms with van der Waals surface area (Å²) in [5, 5.41) is 15.4. The summed E-state index contributed by atoms with van der Waals surface area (Å²) in [7, 11) is 1.97. The van der Waals surface area contributed by atoms with Crippen LogP contribution in [0.15, 0.2) is 36.8 Å². The van der Waals surface area contributed by atoms with Crippen LogP contribution in [0.1, 0.15) is 24.1 Å². The smallest absolute Gasteiger partial charge is 0.223 e. The zero-order chi connectivity index (χ0) is 19.1. The molecule has 0 saturated carbocycles. The summed E-state index contributed by atoms with van der Waals surface area (Å²) in [6.07, 6.45) is 5.44. The molecule has 0 spiro atoms. The van der Waals surface area contributed by atoms with Gasteiger partial charge in [-0.1, -0.05) is 0 Å². The largest absolute Gasteiger partial charge is 0.364 e. The number of hydrogen-bond donors (Lipinski definition) is 2. The second-order valence-electron chi connectivity index (χ2n) is 6.89. The van der Waals surface area contributed by atoms with Crippen molar-refractivity contribution in [2.75, 3.05) is 31.1 Å². The maximum atomic E-state index is 12.4. The summed E-state index contributed by atoms with van der Waals surface area (Å²) < 4.78 is 1.99. The molecule has 0 bridgehead atoms. The molecule has 1 aliphatic heterocycles. The Morgan fingerprint density at radius 1 is 1.37 bits per heavy atom. The summed E-state index contributed by atoms with van der Waals surface area (Å²) in [6.45, 7) is 3.78. The number of anilines is 1. The first-order valence-corrected chi connectivity index (χ1v) is 9.36. The van der Waals surface area contributed by atoms with Crippen LogP contribution in [0.2, 0.25) is 0 Å². The number of benzene rings is 1. The van der Waals surface area contributed by atoms with E-state index in [2.05, 4.69) is 26.6 Å². The maximum Gasteiger partial charge on any atom is 0.223 e. The van der Waals surface area contributed by atoms with E-state index < -0.39 is 0 Å². The number of nitrogens with one attached hydrogen (secondary N) is 2. The number of carbonyl (C=O) groups excluding carboxylic acids is 1. The number of nitrogens with zero attached hydrogens (tertiary/aromatic N) is 4. The minimum atomic E-state index is 0.117. The van der Waals surface area contributed by atoms with Gasteiger partial charge < -0.3 is 20.1 Å². The molecule has 1 aliphatic rings. The van der Waals surface area contributed by atoms with Crippen LogP contribution in [0.5, 0.6) is 0 Å². The highest BCUT2D eigenvalue weighted by molar-refractivity contribution is 5.78. The van der Waals surface area contributed by atoms with Gasteiger partial charge in [0.2, 0.25) is 5.91 Å². The van der Waals surface area contributed by atoms with Gasteiger partial charge in [-0.3, -0.25) is 4.79 Å². The summed E-state index contributed by atoms with van der Waals surface area (Å²) in [5.41, 5.74) is 2.74. The Morgan fingerprint density at radius 2 is 2.11 bits per heavy atom. The zero-order valence-electron chi connectivity index (χ0n) is 15.7. The lowest BCUT2D eigenvalue weighted by molar-refractivity contribution is -0.125. The molecule has 1 fully saturated rings. The molecule has 1 aromatic heterocycles. The first kappa shape index (κ1) is 18.9.